The van der Waals surface area contributed by atoms with Crippen LogP contribution in [0.25, 0.3) is 0 Å². The van der Waals surface area contributed by atoms with Crippen molar-refractivity contribution >= 4 is 53.9 Å². The zero-order valence-electron chi connectivity index (χ0n) is 26.5. The molecule has 6 rings (SSSR count). The van der Waals surface area contributed by atoms with E-state index in [9.17, 15) is 7.48 Å². The molecule has 10 nitrogen and oxygen atoms in total. The fourth-order valence-electron chi connectivity index (χ4n) is 3.94. The molecule has 0 fully saturated rings. The second-order valence-corrected chi connectivity index (χ2v) is 19.7. The number of nitriles is 2. The zero-order valence-corrected chi connectivity index (χ0v) is 36.5. The Hall–Kier alpha value is -2.90. The van der Waals surface area contributed by atoms with E-state index < -0.39 is 27.0 Å². The molecule has 0 spiro atoms. The summed E-state index contributed by atoms with van der Waals surface area (Å²) in [4.78, 5) is 25.7. The Kier molecular flexibility index (Phi) is 26.4. The summed E-state index contributed by atoms with van der Waals surface area (Å²) < 4.78 is 30.7. The molecule has 0 bridgehead atoms. The van der Waals surface area contributed by atoms with Crippen LogP contribution in [0.2, 0.25) is 0 Å². The van der Waals surface area contributed by atoms with Crippen molar-refractivity contribution in [2.45, 2.75) is 13.8 Å². The molecule has 0 aliphatic carbocycles. The van der Waals surface area contributed by atoms with Gasteiger partial charge in [-0.25, -0.2) is 0 Å². The predicted octanol–water partition coefficient (Wildman–Crippen LogP) is -4.40. The van der Waals surface area contributed by atoms with E-state index in [2.05, 4.69) is 29.9 Å². The predicted molar refractivity (Wildman–Crippen MR) is 179 cm³/mol. The van der Waals surface area contributed by atoms with Crippen molar-refractivity contribution in [2.75, 3.05) is 0 Å². The molecule has 6 aromatic rings. The summed E-state index contributed by atoms with van der Waals surface area (Å²) in [6.45, 7) is 2.86. The smallest absolute Gasteiger partial charge is 1.00 e. The fraction of sp³-hybridized carbons (Fsp3) is 0.0588. The van der Waals surface area contributed by atoms with E-state index in [1.807, 2.05) is 36.4 Å². The van der Waals surface area contributed by atoms with E-state index in [0.717, 1.165) is 0 Å². The minimum absolute atomic E-state index is 0. The maximum absolute atomic E-state index is 13.7. The number of hydrogen-bond donors (Lipinski definition) is 0. The summed E-state index contributed by atoms with van der Waals surface area (Å²) in [5.41, 5.74) is 0. The number of nitrogens with zero attached hydrogens (tertiary/aromatic N) is 8. The standard InChI is InChI=1S/2C15H12AsN3O.2C2H3N.2Cu.2HI/c2*20-16(13-7-1-4-10-17-13,14-8-2-5-11-18-14)15-9-3-6-12-19-15;2*1-2-3;;;;/h2*1-12H;2*1H3;;;2*1H/q;;;;2*+1;;/p-2. The maximum atomic E-state index is 13.7. The monoisotopic (exact) mass is 1110 g/mol. The maximum Gasteiger partial charge on any atom is 1.00 e. The fourth-order valence-corrected chi connectivity index (χ4v) is 13.5. The summed E-state index contributed by atoms with van der Waals surface area (Å²) in [7, 11) is 0. The first kappa shape index (κ1) is 49.2. The second-order valence-electron chi connectivity index (χ2n) is 8.79. The third-order valence-electron chi connectivity index (χ3n) is 5.83. The van der Waals surface area contributed by atoms with Gasteiger partial charge in [0.15, 0.2) is 0 Å². The second kappa shape index (κ2) is 26.8. The molecular formula is C34H30As2Cu2I2N8O2. The molecule has 0 atom stereocenters. The van der Waals surface area contributed by atoms with Crippen molar-refractivity contribution in [3.63, 3.8) is 0 Å². The topological polar surface area (TPSA) is 159 Å². The molecule has 0 aliphatic rings. The number of halogens is 2. The first-order chi connectivity index (χ1) is 22.5. The normalized spacial score (nSPS) is 9.28. The van der Waals surface area contributed by atoms with Crippen LogP contribution in [-0.2, 0) is 41.6 Å². The van der Waals surface area contributed by atoms with E-state index in [1.54, 1.807) is 122 Å². The molecule has 0 saturated carbocycles. The average molecular weight is 1110 g/mol. The van der Waals surface area contributed by atoms with E-state index >= 15 is 0 Å². The molecule has 0 aliphatic heterocycles. The van der Waals surface area contributed by atoms with Crippen LogP contribution in [-0.4, -0.2) is 56.9 Å². The third-order valence-corrected chi connectivity index (χ3v) is 17.3. The van der Waals surface area contributed by atoms with Gasteiger partial charge in [0, 0.05) is 13.8 Å². The van der Waals surface area contributed by atoms with Crippen LogP contribution in [0.3, 0.4) is 0 Å². The third kappa shape index (κ3) is 13.3. The molecule has 6 aromatic heterocycles. The summed E-state index contributed by atoms with van der Waals surface area (Å²) in [5, 5.41) is 14.6. The molecule has 0 saturated heterocycles. The van der Waals surface area contributed by atoms with Crippen LogP contribution >= 0.6 is 0 Å². The van der Waals surface area contributed by atoms with Crippen LogP contribution in [0.15, 0.2) is 146 Å². The summed E-state index contributed by atoms with van der Waals surface area (Å²) >= 11 is -7.76. The van der Waals surface area contributed by atoms with Crippen LogP contribution in [0.4, 0.5) is 0 Å². The van der Waals surface area contributed by atoms with Crippen molar-refractivity contribution in [1.82, 2.24) is 29.9 Å². The molecule has 0 N–H and O–H groups in total. The molecule has 0 unspecified atom stereocenters. The minimum Gasteiger partial charge on any atom is -1.00 e. The number of pyridine rings is 6. The summed E-state index contributed by atoms with van der Waals surface area (Å²) in [6, 6.07) is 36.0. The van der Waals surface area contributed by atoms with Gasteiger partial charge in [0.25, 0.3) is 0 Å². The minimum atomic E-state index is -3.88. The zero-order chi connectivity index (χ0) is 33.1. The Labute approximate surface area is 352 Å². The van der Waals surface area contributed by atoms with Gasteiger partial charge >= 0.3 is 272 Å². The molecule has 50 heavy (non-hydrogen) atoms. The van der Waals surface area contributed by atoms with Gasteiger partial charge in [-0.1, -0.05) is 0 Å². The molecule has 264 valence electrons. The summed E-state index contributed by atoms with van der Waals surface area (Å²) in [5.74, 6) is 0. The van der Waals surface area contributed by atoms with Crippen LogP contribution in [0, 0.1) is 22.7 Å². The molecule has 0 radical (unpaired) electrons. The van der Waals surface area contributed by atoms with Gasteiger partial charge in [-0.15, -0.1) is 0 Å². The van der Waals surface area contributed by atoms with E-state index in [4.69, 9.17) is 10.5 Å². The van der Waals surface area contributed by atoms with Crippen LogP contribution < -0.4 is 74.8 Å². The first-order valence-corrected chi connectivity index (χ1v) is 20.9. The average Bonchev–Trinajstić information content (AvgIpc) is 3.14. The van der Waals surface area contributed by atoms with Crippen molar-refractivity contribution in [3.8, 4) is 12.1 Å². The quantitative estimate of drug-likeness (QED) is 0.118. The SMILES string of the molecule is CC#N.CC#N.O=[As](c1ccccn1)(c1ccccn1)c1ccccn1.O=[As](c1ccccn1)(c1ccccn1)c1ccccn1.[Cu+].[Cu+].[I-].[I-]. The van der Waals surface area contributed by atoms with Crippen molar-refractivity contribution in [1.29, 1.82) is 10.5 Å². The Morgan fingerprint density at radius 2 is 0.540 bits per heavy atom. The Morgan fingerprint density at radius 3 is 0.640 bits per heavy atom. The first-order valence-electron chi connectivity index (χ1n) is 13.8. The molecule has 0 aromatic carbocycles. The van der Waals surface area contributed by atoms with Crippen molar-refractivity contribution < 1.29 is 89.6 Å². The molecule has 16 heteroatoms. The Balaban J connectivity index is 0. The number of rotatable bonds is 6. The summed E-state index contributed by atoms with van der Waals surface area (Å²) in [6.07, 6.45) is 9.89. The van der Waals surface area contributed by atoms with Crippen LogP contribution in [0.5, 0.6) is 0 Å². The Bertz CT molecular complexity index is 1600. The van der Waals surface area contributed by atoms with Gasteiger partial charge in [0.1, 0.15) is 0 Å². The van der Waals surface area contributed by atoms with Gasteiger partial charge in [-0.2, -0.15) is 10.5 Å². The molecule has 0 amide bonds. The largest absolute Gasteiger partial charge is 1.00 e. The Morgan fingerprint density at radius 1 is 0.400 bits per heavy atom. The van der Waals surface area contributed by atoms with E-state index in [0.29, 0.717) is 26.9 Å². The number of hydrogen-bond acceptors (Lipinski definition) is 10. The van der Waals surface area contributed by atoms with Gasteiger partial charge in [0.05, 0.1) is 12.1 Å². The van der Waals surface area contributed by atoms with Gasteiger partial charge in [-0.3, -0.25) is 0 Å². The molecule has 6 heterocycles. The van der Waals surface area contributed by atoms with Gasteiger partial charge in [-0.05, 0) is 0 Å². The van der Waals surface area contributed by atoms with Crippen molar-refractivity contribution in [3.05, 3.63) is 146 Å². The number of aromatic nitrogens is 6. The van der Waals surface area contributed by atoms with Gasteiger partial charge < -0.3 is 48.0 Å². The van der Waals surface area contributed by atoms with Crippen molar-refractivity contribution in [2.24, 2.45) is 0 Å². The van der Waals surface area contributed by atoms with E-state index in [1.165, 1.54) is 13.8 Å². The van der Waals surface area contributed by atoms with Gasteiger partial charge in [0.2, 0.25) is 0 Å². The van der Waals surface area contributed by atoms with E-state index in [-0.39, 0.29) is 82.1 Å². The van der Waals surface area contributed by atoms with Crippen LogP contribution in [0.1, 0.15) is 13.8 Å². The molecular weight excluding hydrogens is 1080 g/mol.